The van der Waals surface area contributed by atoms with Crippen molar-refractivity contribution in [2.75, 3.05) is 11.5 Å². The molecule has 96 valence electrons. The zero-order chi connectivity index (χ0) is 13.0. The third kappa shape index (κ3) is 3.40. The predicted molar refractivity (Wildman–Crippen MR) is 68.9 cm³/mol. The summed E-state index contributed by atoms with van der Waals surface area (Å²) >= 11 is 0. The lowest BCUT2D eigenvalue weighted by molar-refractivity contribution is 0.622. The molecule has 0 aliphatic carbocycles. The summed E-state index contributed by atoms with van der Waals surface area (Å²) in [6.07, 6.45) is 6.00. The number of benzene rings is 1. The lowest BCUT2D eigenvalue weighted by atomic mass is 10.3. The molecule has 0 saturated carbocycles. The maximum Gasteiger partial charge on any atom is 0.126 e. The largest absolute Gasteiger partial charge is 0.399 e. The molecule has 0 saturated heterocycles. The number of aromatic nitrogens is 2. The van der Waals surface area contributed by atoms with E-state index in [-0.39, 0.29) is 0 Å². The molecule has 6 heteroatoms. The summed E-state index contributed by atoms with van der Waals surface area (Å²) < 4.78 is 27.0. The Morgan fingerprint density at radius 1 is 1.39 bits per heavy atom. The minimum absolute atomic E-state index is 0.299. The van der Waals surface area contributed by atoms with Crippen molar-refractivity contribution in [3.8, 4) is 0 Å². The second-order valence-electron chi connectivity index (χ2n) is 3.92. The molecule has 2 aromatic rings. The second kappa shape index (κ2) is 5.77. The molecule has 2 rings (SSSR count). The highest BCUT2D eigenvalue weighted by Crippen LogP contribution is 2.15. The van der Waals surface area contributed by atoms with Crippen LogP contribution in [0.5, 0.6) is 0 Å². The van der Waals surface area contributed by atoms with E-state index in [4.69, 9.17) is 5.73 Å². The van der Waals surface area contributed by atoms with E-state index in [1.54, 1.807) is 18.6 Å². The van der Waals surface area contributed by atoms with Crippen LogP contribution in [-0.2, 0) is 17.3 Å². The van der Waals surface area contributed by atoms with Crippen LogP contribution in [0.4, 0.5) is 10.1 Å². The number of halogens is 1. The summed E-state index contributed by atoms with van der Waals surface area (Å²) in [7, 11) is -1.22. The molecule has 0 spiro atoms. The molecule has 18 heavy (non-hydrogen) atoms. The summed E-state index contributed by atoms with van der Waals surface area (Å²) in [5, 5.41) is 0. The molecular weight excluding hydrogens is 253 g/mol. The van der Waals surface area contributed by atoms with Crippen molar-refractivity contribution in [2.45, 2.75) is 17.9 Å². The number of nitrogens with two attached hydrogens (primary N) is 1. The number of hydrogen-bond donors (Lipinski definition) is 1. The Hall–Kier alpha value is -1.69. The van der Waals surface area contributed by atoms with Gasteiger partial charge in [-0.15, -0.1) is 0 Å². The molecule has 4 nitrogen and oxygen atoms in total. The van der Waals surface area contributed by atoms with Crippen LogP contribution < -0.4 is 5.73 Å². The van der Waals surface area contributed by atoms with Gasteiger partial charge in [-0.05, 0) is 24.6 Å². The molecule has 2 N–H and O–H groups in total. The van der Waals surface area contributed by atoms with Gasteiger partial charge in [0, 0.05) is 35.3 Å². The minimum Gasteiger partial charge on any atom is -0.399 e. The van der Waals surface area contributed by atoms with Gasteiger partial charge in [0.15, 0.2) is 0 Å². The van der Waals surface area contributed by atoms with Crippen molar-refractivity contribution in [1.29, 1.82) is 0 Å². The first kappa shape index (κ1) is 12.8. The first-order valence-electron chi connectivity index (χ1n) is 5.55. The van der Waals surface area contributed by atoms with Gasteiger partial charge in [0.1, 0.15) is 5.82 Å². The number of hydrogen-bond acceptors (Lipinski definition) is 3. The summed E-state index contributed by atoms with van der Waals surface area (Å²) in [4.78, 5) is 4.37. The molecule has 0 bridgehead atoms. The number of anilines is 1. The van der Waals surface area contributed by atoms with Crippen molar-refractivity contribution in [3.63, 3.8) is 0 Å². The normalized spacial score (nSPS) is 12.5. The average molecular weight is 267 g/mol. The van der Waals surface area contributed by atoms with E-state index < -0.39 is 16.6 Å². The predicted octanol–water partition coefficient (Wildman–Crippen LogP) is 1.80. The van der Waals surface area contributed by atoms with E-state index in [1.165, 1.54) is 12.1 Å². The Balaban J connectivity index is 1.91. The third-order valence-corrected chi connectivity index (χ3v) is 3.88. The molecule has 0 amide bonds. The Kier molecular flexibility index (Phi) is 4.09. The summed E-state index contributed by atoms with van der Waals surface area (Å²) in [5.74, 6) is 0.0223. The van der Waals surface area contributed by atoms with Gasteiger partial charge < -0.3 is 10.3 Å². The summed E-state index contributed by atoms with van der Waals surface area (Å²) in [6, 6.07) is 4.03. The Labute approximate surface area is 107 Å². The molecule has 0 aliphatic heterocycles. The fourth-order valence-electron chi connectivity index (χ4n) is 1.63. The van der Waals surface area contributed by atoms with Crippen molar-refractivity contribution in [1.82, 2.24) is 9.55 Å². The maximum atomic E-state index is 13.1. The van der Waals surface area contributed by atoms with Crippen LogP contribution in [-0.4, -0.2) is 19.5 Å². The van der Waals surface area contributed by atoms with Gasteiger partial charge in [-0.1, -0.05) is 0 Å². The quantitative estimate of drug-likeness (QED) is 0.840. The molecule has 1 aromatic heterocycles. The number of aryl methyl sites for hydroxylation is 1. The first-order valence-corrected chi connectivity index (χ1v) is 6.87. The van der Waals surface area contributed by atoms with E-state index in [9.17, 15) is 8.60 Å². The van der Waals surface area contributed by atoms with E-state index in [2.05, 4.69) is 4.98 Å². The van der Waals surface area contributed by atoms with Gasteiger partial charge in [0.25, 0.3) is 0 Å². The Morgan fingerprint density at radius 2 is 2.22 bits per heavy atom. The third-order valence-electron chi connectivity index (χ3n) is 2.46. The lowest BCUT2D eigenvalue weighted by Gasteiger charge is -2.04. The molecule has 0 fully saturated rings. The number of nitrogens with zero attached hydrogens (tertiary/aromatic N) is 2. The van der Waals surface area contributed by atoms with Crippen molar-refractivity contribution in [3.05, 3.63) is 42.7 Å². The fraction of sp³-hybridized carbons (Fsp3) is 0.250. The van der Waals surface area contributed by atoms with E-state index >= 15 is 0 Å². The average Bonchev–Trinajstić information content (AvgIpc) is 2.80. The van der Waals surface area contributed by atoms with Crippen LogP contribution in [0.1, 0.15) is 6.42 Å². The second-order valence-corrected chi connectivity index (χ2v) is 5.49. The molecule has 0 aliphatic rings. The Bertz CT molecular complexity index is 522. The van der Waals surface area contributed by atoms with E-state index in [0.29, 0.717) is 16.3 Å². The highest BCUT2D eigenvalue weighted by molar-refractivity contribution is 7.85. The zero-order valence-corrected chi connectivity index (χ0v) is 10.6. The first-order chi connectivity index (χ1) is 8.65. The fourth-order valence-corrected chi connectivity index (χ4v) is 2.77. The molecule has 1 unspecified atom stereocenters. The summed E-state index contributed by atoms with van der Waals surface area (Å²) in [5.41, 5.74) is 5.82. The highest BCUT2D eigenvalue weighted by Gasteiger charge is 2.06. The highest BCUT2D eigenvalue weighted by atomic mass is 32.2. The molecule has 1 aromatic carbocycles. The topological polar surface area (TPSA) is 60.9 Å². The van der Waals surface area contributed by atoms with Crippen molar-refractivity contribution >= 4 is 16.5 Å². The van der Waals surface area contributed by atoms with Crippen LogP contribution in [0.25, 0.3) is 0 Å². The summed E-state index contributed by atoms with van der Waals surface area (Å²) in [6.45, 7) is 0.747. The molecular formula is C12H14FN3OS. The van der Waals surface area contributed by atoms with Gasteiger partial charge >= 0.3 is 0 Å². The van der Waals surface area contributed by atoms with Gasteiger partial charge in [-0.2, -0.15) is 0 Å². The van der Waals surface area contributed by atoms with Gasteiger partial charge in [-0.3, -0.25) is 4.21 Å². The van der Waals surface area contributed by atoms with Crippen molar-refractivity contribution < 1.29 is 8.60 Å². The van der Waals surface area contributed by atoms with Crippen LogP contribution in [0.3, 0.4) is 0 Å². The van der Waals surface area contributed by atoms with Crippen LogP contribution in [0, 0.1) is 5.82 Å². The minimum atomic E-state index is -1.22. The SMILES string of the molecule is Nc1cc(F)cc(S(=O)CCCn2ccnc2)c1. The van der Waals surface area contributed by atoms with Crippen LogP contribution in [0.15, 0.2) is 41.8 Å². The van der Waals surface area contributed by atoms with E-state index in [1.807, 2.05) is 10.8 Å². The van der Waals surface area contributed by atoms with Gasteiger partial charge in [0.05, 0.1) is 17.1 Å². The maximum absolute atomic E-state index is 13.1. The Morgan fingerprint density at radius 3 is 2.89 bits per heavy atom. The van der Waals surface area contributed by atoms with Gasteiger partial charge in [0.2, 0.25) is 0 Å². The number of imidazole rings is 1. The van der Waals surface area contributed by atoms with Gasteiger partial charge in [-0.25, -0.2) is 9.37 Å². The van der Waals surface area contributed by atoms with Crippen LogP contribution in [0.2, 0.25) is 0 Å². The molecule has 0 radical (unpaired) electrons. The molecule has 1 atom stereocenters. The van der Waals surface area contributed by atoms with Crippen LogP contribution >= 0.6 is 0 Å². The number of rotatable bonds is 5. The zero-order valence-electron chi connectivity index (χ0n) is 9.75. The van der Waals surface area contributed by atoms with E-state index in [0.717, 1.165) is 13.0 Å². The monoisotopic (exact) mass is 267 g/mol. The van der Waals surface area contributed by atoms with Crippen molar-refractivity contribution in [2.24, 2.45) is 0 Å². The lowest BCUT2D eigenvalue weighted by Crippen LogP contribution is -2.04. The standard InChI is InChI=1S/C12H14FN3OS/c13-10-6-11(14)8-12(7-10)18(17)5-1-3-16-4-2-15-9-16/h2,4,6-9H,1,3,5,14H2. The molecule has 1 heterocycles. The smallest absolute Gasteiger partial charge is 0.126 e. The number of nitrogen functional groups attached to an aromatic ring is 1.